The number of nitriles is 1. The van der Waals surface area contributed by atoms with Crippen molar-refractivity contribution in [3.8, 4) is 17.3 Å². The van der Waals surface area contributed by atoms with Crippen LogP contribution in [0.4, 0.5) is 0 Å². The van der Waals surface area contributed by atoms with Crippen LogP contribution in [0.3, 0.4) is 0 Å². The fourth-order valence-electron chi connectivity index (χ4n) is 1.80. The Morgan fingerprint density at radius 3 is 2.77 bits per heavy atom. The summed E-state index contributed by atoms with van der Waals surface area (Å²) in [4.78, 5) is 30.3. The van der Waals surface area contributed by atoms with Crippen LogP contribution < -0.4 is 5.56 Å². The third-order valence-electron chi connectivity index (χ3n) is 2.85. The van der Waals surface area contributed by atoms with E-state index in [2.05, 4.69) is 30.6 Å². The third-order valence-corrected chi connectivity index (χ3v) is 4.09. The first-order valence-corrected chi connectivity index (χ1v) is 8.00. The average molecular weight is 380 g/mol. The van der Waals surface area contributed by atoms with Gasteiger partial charge in [-0.05, 0) is 34.3 Å². The van der Waals surface area contributed by atoms with Crippen molar-refractivity contribution in [1.29, 1.82) is 5.26 Å². The van der Waals surface area contributed by atoms with Crippen LogP contribution in [-0.4, -0.2) is 29.3 Å². The van der Waals surface area contributed by atoms with Crippen LogP contribution in [0.5, 0.6) is 0 Å². The quantitative estimate of drug-likeness (QED) is 0.500. The number of aromatic amines is 1. The van der Waals surface area contributed by atoms with Gasteiger partial charge in [-0.25, -0.2) is 9.78 Å². The molecule has 0 atom stereocenters. The molecule has 2 aromatic rings. The number of aromatic nitrogens is 2. The highest BCUT2D eigenvalue weighted by Crippen LogP contribution is 2.27. The minimum Gasteiger partial charge on any atom is -0.465 e. The standard InChI is InChI=1S/C14H10BrN3O3S/c1-21-13(20)8-4-3-7(5-10(8)15)11-9(6-16)12(19)18-14(17-11)22-2/h3-5H,1-2H3,(H,17,18,19). The van der Waals surface area contributed by atoms with E-state index in [-0.39, 0.29) is 11.3 Å². The van der Waals surface area contributed by atoms with E-state index in [9.17, 15) is 14.9 Å². The van der Waals surface area contributed by atoms with Crippen LogP contribution in [0.1, 0.15) is 15.9 Å². The molecule has 0 aliphatic rings. The minimum absolute atomic E-state index is 0.0736. The molecule has 0 aliphatic carbocycles. The summed E-state index contributed by atoms with van der Waals surface area (Å²) >= 11 is 4.55. The Morgan fingerprint density at radius 2 is 2.23 bits per heavy atom. The molecule has 8 heteroatoms. The maximum atomic E-state index is 11.9. The predicted molar refractivity (Wildman–Crippen MR) is 85.8 cm³/mol. The monoisotopic (exact) mass is 379 g/mol. The number of H-pyrrole nitrogens is 1. The highest BCUT2D eigenvalue weighted by molar-refractivity contribution is 9.10. The van der Waals surface area contributed by atoms with Crippen molar-refractivity contribution < 1.29 is 9.53 Å². The van der Waals surface area contributed by atoms with Crippen LogP contribution in [0.2, 0.25) is 0 Å². The highest BCUT2D eigenvalue weighted by Gasteiger charge is 2.16. The fourth-order valence-corrected chi connectivity index (χ4v) is 2.72. The van der Waals surface area contributed by atoms with Crippen molar-refractivity contribution in [3.05, 3.63) is 44.2 Å². The van der Waals surface area contributed by atoms with Crippen LogP contribution in [0.15, 0.2) is 32.6 Å². The lowest BCUT2D eigenvalue weighted by Gasteiger charge is -2.08. The lowest BCUT2D eigenvalue weighted by molar-refractivity contribution is 0.0599. The summed E-state index contributed by atoms with van der Waals surface area (Å²) < 4.78 is 5.16. The summed E-state index contributed by atoms with van der Waals surface area (Å²) in [6.45, 7) is 0. The molecule has 1 heterocycles. The zero-order valence-electron chi connectivity index (χ0n) is 11.6. The van der Waals surface area contributed by atoms with Crippen LogP contribution in [-0.2, 0) is 4.74 Å². The van der Waals surface area contributed by atoms with Gasteiger partial charge in [0.2, 0.25) is 0 Å². The average Bonchev–Trinajstić information content (AvgIpc) is 2.53. The first-order chi connectivity index (χ1) is 10.5. The molecule has 1 N–H and O–H groups in total. The molecular weight excluding hydrogens is 370 g/mol. The van der Waals surface area contributed by atoms with Gasteiger partial charge in [0.15, 0.2) is 5.16 Å². The molecule has 0 saturated heterocycles. The van der Waals surface area contributed by atoms with Gasteiger partial charge in [0.1, 0.15) is 11.6 Å². The number of ether oxygens (including phenoxy) is 1. The number of methoxy groups -OCH3 is 1. The Hall–Kier alpha value is -2.11. The minimum atomic E-state index is -0.495. The van der Waals surface area contributed by atoms with Gasteiger partial charge in [0.25, 0.3) is 5.56 Å². The normalized spacial score (nSPS) is 10.1. The maximum Gasteiger partial charge on any atom is 0.339 e. The zero-order valence-corrected chi connectivity index (χ0v) is 14.0. The molecule has 0 saturated carbocycles. The van der Waals surface area contributed by atoms with Gasteiger partial charge in [-0.2, -0.15) is 5.26 Å². The maximum absolute atomic E-state index is 11.9. The topological polar surface area (TPSA) is 95.8 Å². The fraction of sp³-hybridized carbons (Fsp3) is 0.143. The Morgan fingerprint density at radius 1 is 1.50 bits per heavy atom. The largest absolute Gasteiger partial charge is 0.465 e. The summed E-state index contributed by atoms with van der Waals surface area (Å²) in [5, 5.41) is 9.58. The van der Waals surface area contributed by atoms with E-state index in [0.29, 0.717) is 20.8 Å². The van der Waals surface area contributed by atoms with E-state index in [1.54, 1.807) is 24.5 Å². The van der Waals surface area contributed by atoms with Gasteiger partial charge >= 0.3 is 5.97 Å². The molecule has 0 unspecified atom stereocenters. The second-order valence-electron chi connectivity index (χ2n) is 4.10. The summed E-state index contributed by atoms with van der Waals surface area (Å²) in [7, 11) is 1.29. The van der Waals surface area contributed by atoms with Gasteiger partial charge in [-0.3, -0.25) is 4.79 Å². The number of hydrogen-bond donors (Lipinski definition) is 1. The summed E-state index contributed by atoms with van der Waals surface area (Å²) in [6.07, 6.45) is 1.77. The molecule has 0 aliphatic heterocycles. The first-order valence-electron chi connectivity index (χ1n) is 5.98. The van der Waals surface area contributed by atoms with E-state index in [0.717, 1.165) is 0 Å². The Balaban J connectivity index is 2.65. The number of carbonyl (C=O) groups excluding carboxylic acids is 1. The van der Waals surface area contributed by atoms with Crippen molar-refractivity contribution in [1.82, 2.24) is 9.97 Å². The molecule has 0 fully saturated rings. The van der Waals surface area contributed by atoms with Crippen molar-refractivity contribution >= 4 is 33.7 Å². The number of thioether (sulfide) groups is 1. The molecule has 1 aromatic heterocycles. The smallest absolute Gasteiger partial charge is 0.339 e. The van der Waals surface area contributed by atoms with Gasteiger partial charge in [-0.1, -0.05) is 17.8 Å². The van der Waals surface area contributed by atoms with Crippen molar-refractivity contribution in [3.63, 3.8) is 0 Å². The van der Waals surface area contributed by atoms with Crippen molar-refractivity contribution in [2.45, 2.75) is 5.16 Å². The van der Waals surface area contributed by atoms with Gasteiger partial charge in [-0.15, -0.1) is 0 Å². The van der Waals surface area contributed by atoms with Crippen LogP contribution in [0, 0.1) is 11.3 Å². The number of hydrogen-bond acceptors (Lipinski definition) is 6. The first kappa shape index (κ1) is 16.3. The lowest BCUT2D eigenvalue weighted by Crippen LogP contribution is -2.14. The number of nitrogens with zero attached hydrogens (tertiary/aromatic N) is 2. The molecule has 1 aromatic carbocycles. The van der Waals surface area contributed by atoms with Crippen molar-refractivity contribution in [2.75, 3.05) is 13.4 Å². The third kappa shape index (κ3) is 3.05. The molecule has 0 spiro atoms. The molecule has 112 valence electrons. The number of esters is 1. The number of halogens is 1. The van der Waals surface area contributed by atoms with Gasteiger partial charge < -0.3 is 9.72 Å². The molecule has 0 amide bonds. The van der Waals surface area contributed by atoms with E-state index in [4.69, 9.17) is 0 Å². The van der Waals surface area contributed by atoms with E-state index in [1.807, 2.05) is 6.07 Å². The Labute approximate surface area is 138 Å². The van der Waals surface area contributed by atoms with Crippen LogP contribution in [0.25, 0.3) is 11.3 Å². The summed E-state index contributed by atoms with van der Waals surface area (Å²) in [5.74, 6) is -0.484. The molecule has 2 rings (SSSR count). The molecule has 0 bridgehead atoms. The molecule has 0 radical (unpaired) electrons. The van der Waals surface area contributed by atoms with Crippen molar-refractivity contribution in [2.24, 2.45) is 0 Å². The molecule has 22 heavy (non-hydrogen) atoms. The van der Waals surface area contributed by atoms with Gasteiger partial charge in [0, 0.05) is 10.0 Å². The molecular formula is C14H10BrN3O3S. The summed E-state index contributed by atoms with van der Waals surface area (Å²) in [6, 6.07) is 6.65. The Bertz CT molecular complexity index is 842. The second-order valence-corrected chi connectivity index (χ2v) is 5.75. The highest BCUT2D eigenvalue weighted by atomic mass is 79.9. The SMILES string of the molecule is COC(=O)c1ccc(-c2nc(SC)[nH]c(=O)c2C#N)cc1Br. The van der Waals surface area contributed by atoms with Gasteiger partial charge in [0.05, 0.1) is 18.4 Å². The van der Waals surface area contributed by atoms with Crippen LogP contribution >= 0.6 is 27.7 Å². The zero-order chi connectivity index (χ0) is 16.3. The van der Waals surface area contributed by atoms with E-state index >= 15 is 0 Å². The van der Waals surface area contributed by atoms with E-state index < -0.39 is 11.5 Å². The number of carbonyl (C=O) groups is 1. The number of benzene rings is 1. The lowest BCUT2D eigenvalue weighted by atomic mass is 10.1. The predicted octanol–water partition coefficient (Wildman–Crippen LogP) is 2.58. The summed E-state index contributed by atoms with van der Waals surface area (Å²) in [5.41, 5.74) is 0.602. The van der Waals surface area contributed by atoms with E-state index in [1.165, 1.54) is 18.9 Å². The molecule has 6 nitrogen and oxygen atoms in total. The second kappa shape index (κ2) is 6.77. The number of rotatable bonds is 3. The Kier molecular flexibility index (Phi) is 5.00. The number of nitrogens with one attached hydrogen (secondary N) is 1.